The molecule has 0 bridgehead atoms. The lowest BCUT2D eigenvalue weighted by molar-refractivity contribution is -0.0949. The van der Waals surface area contributed by atoms with Gasteiger partial charge in [-0.05, 0) is 24.3 Å². The molecule has 0 aliphatic carbocycles. The van der Waals surface area contributed by atoms with E-state index < -0.39 is 15.6 Å². The fourth-order valence-electron chi connectivity index (χ4n) is 4.40. The first-order chi connectivity index (χ1) is 19.3. The first-order valence-electron chi connectivity index (χ1n) is 12.4. The Bertz CT molecular complexity index is 1580. The summed E-state index contributed by atoms with van der Waals surface area (Å²) in [5, 5.41) is 21.2. The molecular weight excluding hydrogens is 556 g/mol. The van der Waals surface area contributed by atoms with Gasteiger partial charge in [-0.1, -0.05) is 35.5 Å². The predicted molar refractivity (Wildman–Crippen MR) is 148 cm³/mol. The Morgan fingerprint density at radius 3 is 2.48 bits per heavy atom. The van der Waals surface area contributed by atoms with Crippen LogP contribution in [0.15, 0.2) is 74.4 Å². The standard InChI is InChI=1S/C27H28N4O7S2/c1-35-27(11-13-36-14-12-27)26-29-20(17-39-26)15-37-16-22(31-32)25-30-23(18-5-3-2-4-6-18)24(38-25)19-7-9-21(10-8-19)40(28,33)34/h2-10,17,32H,11-16H2,1H3,(H2,28,33,34)/b31-22-. The number of ether oxygens (including phenoxy) is 3. The van der Waals surface area contributed by atoms with Crippen LogP contribution in [0.3, 0.4) is 0 Å². The number of hydrogen-bond acceptors (Lipinski definition) is 11. The van der Waals surface area contributed by atoms with Gasteiger partial charge in [-0.25, -0.2) is 23.5 Å². The number of hydrogen-bond donors (Lipinski definition) is 2. The maximum absolute atomic E-state index is 11.7. The Morgan fingerprint density at radius 1 is 1.10 bits per heavy atom. The first-order valence-corrected chi connectivity index (χ1v) is 14.8. The molecule has 1 aliphatic rings. The van der Waals surface area contributed by atoms with Gasteiger partial charge in [0.2, 0.25) is 15.9 Å². The van der Waals surface area contributed by atoms with E-state index in [1.807, 2.05) is 35.7 Å². The minimum absolute atomic E-state index is 0.0262. The monoisotopic (exact) mass is 584 g/mol. The van der Waals surface area contributed by atoms with Gasteiger partial charge in [0, 0.05) is 49.7 Å². The fraction of sp³-hybridized carbons (Fsp3) is 0.296. The van der Waals surface area contributed by atoms with Crippen molar-refractivity contribution in [2.45, 2.75) is 29.9 Å². The zero-order valence-corrected chi connectivity index (χ0v) is 23.3. The van der Waals surface area contributed by atoms with E-state index in [1.54, 1.807) is 19.2 Å². The van der Waals surface area contributed by atoms with Crippen molar-refractivity contribution in [1.29, 1.82) is 0 Å². The van der Waals surface area contributed by atoms with Gasteiger partial charge in [-0.3, -0.25) is 0 Å². The smallest absolute Gasteiger partial charge is 0.247 e. The quantitative estimate of drug-likeness (QED) is 0.158. The van der Waals surface area contributed by atoms with Gasteiger partial charge < -0.3 is 23.8 Å². The average molecular weight is 585 g/mol. The molecule has 40 heavy (non-hydrogen) atoms. The zero-order chi connectivity index (χ0) is 28.2. The zero-order valence-electron chi connectivity index (χ0n) is 21.6. The SMILES string of the molecule is COC1(c2nc(COC/C(=N/O)c3nc(-c4ccccc4)c(-c4ccc(S(N)(=O)=O)cc4)o3)cs2)CCOCC1. The summed E-state index contributed by atoms with van der Waals surface area (Å²) in [5.41, 5.74) is 2.18. The van der Waals surface area contributed by atoms with E-state index in [1.165, 1.54) is 23.5 Å². The molecular formula is C27H28N4O7S2. The van der Waals surface area contributed by atoms with E-state index in [2.05, 4.69) is 10.1 Å². The summed E-state index contributed by atoms with van der Waals surface area (Å²) >= 11 is 1.52. The Balaban J connectivity index is 1.35. The maximum Gasteiger partial charge on any atom is 0.247 e. The van der Waals surface area contributed by atoms with E-state index in [0.717, 1.165) is 29.1 Å². The molecule has 5 rings (SSSR count). The second-order valence-corrected chi connectivity index (χ2v) is 11.5. The number of nitrogens with zero attached hydrogens (tertiary/aromatic N) is 3. The number of oxazole rings is 1. The number of aromatic nitrogens is 2. The van der Waals surface area contributed by atoms with Crippen LogP contribution in [0.1, 0.15) is 29.4 Å². The van der Waals surface area contributed by atoms with Gasteiger partial charge in [0.15, 0.2) is 11.5 Å². The summed E-state index contributed by atoms with van der Waals surface area (Å²) in [5.74, 6) is 0.431. The van der Waals surface area contributed by atoms with Crippen LogP contribution in [0.25, 0.3) is 22.6 Å². The number of benzene rings is 2. The van der Waals surface area contributed by atoms with Crippen LogP contribution in [0.4, 0.5) is 0 Å². The summed E-state index contributed by atoms with van der Waals surface area (Å²) in [6, 6.07) is 15.3. The highest BCUT2D eigenvalue weighted by atomic mass is 32.2. The van der Waals surface area contributed by atoms with E-state index in [9.17, 15) is 13.6 Å². The van der Waals surface area contributed by atoms with Crippen molar-refractivity contribution < 1.29 is 32.3 Å². The second-order valence-electron chi connectivity index (χ2n) is 9.13. The lowest BCUT2D eigenvalue weighted by atomic mass is 9.95. The van der Waals surface area contributed by atoms with E-state index in [-0.39, 0.29) is 29.7 Å². The van der Waals surface area contributed by atoms with Gasteiger partial charge in [-0.15, -0.1) is 11.3 Å². The molecule has 4 aromatic rings. The summed E-state index contributed by atoms with van der Waals surface area (Å²) in [4.78, 5) is 9.28. The highest BCUT2D eigenvalue weighted by Crippen LogP contribution is 2.37. The van der Waals surface area contributed by atoms with E-state index >= 15 is 0 Å². The van der Waals surface area contributed by atoms with Crippen LogP contribution in [0, 0.1) is 0 Å². The minimum Gasteiger partial charge on any atom is -0.434 e. The van der Waals surface area contributed by atoms with Gasteiger partial charge in [0.05, 0.1) is 23.8 Å². The largest absolute Gasteiger partial charge is 0.434 e. The van der Waals surface area contributed by atoms with Crippen molar-refractivity contribution in [3.63, 3.8) is 0 Å². The first kappa shape index (κ1) is 28.1. The number of methoxy groups -OCH3 is 1. The molecule has 2 aromatic heterocycles. The molecule has 2 aromatic carbocycles. The molecule has 0 amide bonds. The Labute approximate surface area is 235 Å². The maximum atomic E-state index is 11.7. The van der Waals surface area contributed by atoms with Crippen molar-refractivity contribution in [2.75, 3.05) is 26.9 Å². The number of rotatable bonds is 10. The molecule has 0 atom stereocenters. The number of sulfonamides is 1. The predicted octanol–water partition coefficient (Wildman–Crippen LogP) is 4.16. The molecule has 1 saturated heterocycles. The van der Waals surface area contributed by atoms with Gasteiger partial charge >= 0.3 is 0 Å². The van der Waals surface area contributed by atoms with Crippen molar-refractivity contribution in [3.8, 4) is 22.6 Å². The number of primary sulfonamides is 1. The van der Waals surface area contributed by atoms with Crippen molar-refractivity contribution in [1.82, 2.24) is 9.97 Å². The number of oxime groups is 1. The summed E-state index contributed by atoms with van der Waals surface area (Å²) in [7, 11) is -2.16. The summed E-state index contributed by atoms with van der Waals surface area (Å²) in [6.07, 6.45) is 1.47. The van der Waals surface area contributed by atoms with E-state index in [0.29, 0.717) is 30.2 Å². The molecule has 3 heterocycles. The van der Waals surface area contributed by atoms with Crippen LogP contribution in [-0.2, 0) is 36.4 Å². The Hall–Kier alpha value is -3.46. The average Bonchev–Trinajstić information content (AvgIpc) is 3.64. The van der Waals surface area contributed by atoms with Crippen LogP contribution in [-0.4, -0.2) is 56.2 Å². The summed E-state index contributed by atoms with van der Waals surface area (Å²) in [6.45, 7) is 1.33. The van der Waals surface area contributed by atoms with Gasteiger partial charge in [0.25, 0.3) is 0 Å². The lowest BCUT2D eigenvalue weighted by Crippen LogP contribution is -2.35. The Kier molecular flexibility index (Phi) is 8.40. The third-order valence-electron chi connectivity index (χ3n) is 6.61. The fourth-order valence-corrected chi connectivity index (χ4v) is 5.96. The number of nitrogens with two attached hydrogens (primary N) is 1. The highest BCUT2D eigenvalue weighted by molar-refractivity contribution is 7.89. The minimum atomic E-state index is -3.85. The topological polar surface area (TPSA) is 159 Å². The van der Waals surface area contributed by atoms with Crippen LogP contribution in [0.5, 0.6) is 0 Å². The molecule has 0 spiro atoms. The number of thiazole rings is 1. The molecule has 11 nitrogen and oxygen atoms in total. The molecule has 13 heteroatoms. The molecule has 3 N–H and O–H groups in total. The molecule has 0 saturated carbocycles. The van der Waals surface area contributed by atoms with E-state index in [4.69, 9.17) is 28.8 Å². The second kappa shape index (κ2) is 12.0. The van der Waals surface area contributed by atoms with Crippen molar-refractivity contribution in [3.05, 3.63) is 76.6 Å². The summed E-state index contributed by atoms with van der Waals surface area (Å²) < 4.78 is 46.5. The molecule has 1 fully saturated rings. The molecule has 0 unspecified atom stereocenters. The molecule has 1 aliphatic heterocycles. The lowest BCUT2D eigenvalue weighted by Gasteiger charge is -2.33. The normalized spacial score (nSPS) is 15.8. The van der Waals surface area contributed by atoms with Crippen LogP contribution >= 0.6 is 11.3 Å². The third-order valence-corrected chi connectivity index (χ3v) is 8.61. The third kappa shape index (κ3) is 5.99. The van der Waals surface area contributed by atoms with Crippen molar-refractivity contribution in [2.24, 2.45) is 10.3 Å². The van der Waals surface area contributed by atoms with Crippen molar-refractivity contribution >= 4 is 27.1 Å². The Morgan fingerprint density at radius 2 is 1.82 bits per heavy atom. The van der Waals surface area contributed by atoms with Crippen LogP contribution < -0.4 is 5.14 Å². The van der Waals surface area contributed by atoms with Crippen LogP contribution in [0.2, 0.25) is 0 Å². The van der Waals surface area contributed by atoms with Gasteiger partial charge in [-0.2, -0.15) is 0 Å². The molecule has 210 valence electrons. The molecule has 0 radical (unpaired) electrons. The highest BCUT2D eigenvalue weighted by Gasteiger charge is 2.37. The van der Waals surface area contributed by atoms with Gasteiger partial charge in [0.1, 0.15) is 16.3 Å².